The Bertz CT molecular complexity index is 398. The highest BCUT2D eigenvalue weighted by atomic mass is 32.2. The molecule has 1 unspecified atom stereocenters. The van der Waals surface area contributed by atoms with Crippen LogP contribution < -0.4 is 11.1 Å². The minimum absolute atomic E-state index is 0.113. The average Bonchev–Trinajstić information content (AvgIpc) is 2.30. The summed E-state index contributed by atoms with van der Waals surface area (Å²) in [6.45, 7) is 2.82. The summed E-state index contributed by atoms with van der Waals surface area (Å²) < 4.78 is 0. The maximum absolute atomic E-state index is 11.0. The van der Waals surface area contributed by atoms with Crippen LogP contribution in [0.25, 0.3) is 0 Å². The van der Waals surface area contributed by atoms with Crippen molar-refractivity contribution in [1.82, 2.24) is 4.98 Å². The number of carbonyl (C=O) groups is 1. The zero-order chi connectivity index (χ0) is 12.8. The van der Waals surface area contributed by atoms with Crippen molar-refractivity contribution in [2.75, 3.05) is 23.9 Å². The van der Waals surface area contributed by atoms with Crippen LogP contribution in [0.15, 0.2) is 12.3 Å². The van der Waals surface area contributed by atoms with E-state index in [0.29, 0.717) is 23.3 Å². The van der Waals surface area contributed by atoms with Crippen LogP contribution in [0.1, 0.15) is 23.7 Å². The number of carboxylic acid groups (broad SMARTS) is 1. The summed E-state index contributed by atoms with van der Waals surface area (Å²) in [7, 11) is 0. The molecule has 0 spiro atoms. The van der Waals surface area contributed by atoms with Crippen LogP contribution in [0.3, 0.4) is 0 Å². The number of nitrogens with two attached hydrogens (primary N) is 1. The van der Waals surface area contributed by atoms with Crippen molar-refractivity contribution in [3.8, 4) is 0 Å². The molecule has 0 aliphatic rings. The van der Waals surface area contributed by atoms with Crippen molar-refractivity contribution in [2.45, 2.75) is 18.6 Å². The molecule has 94 valence electrons. The fourth-order valence-electron chi connectivity index (χ4n) is 1.30. The number of carboxylic acids is 1. The molecule has 0 aliphatic carbocycles. The van der Waals surface area contributed by atoms with Crippen LogP contribution in [0.4, 0.5) is 11.5 Å². The zero-order valence-electron chi connectivity index (χ0n) is 9.93. The molecule has 1 atom stereocenters. The summed E-state index contributed by atoms with van der Waals surface area (Å²) in [6.07, 6.45) is 4.45. The van der Waals surface area contributed by atoms with Gasteiger partial charge in [-0.1, -0.05) is 6.92 Å². The second kappa shape index (κ2) is 6.34. The zero-order valence-corrected chi connectivity index (χ0v) is 10.8. The topological polar surface area (TPSA) is 88.2 Å². The maximum atomic E-state index is 11.0. The number of aromatic carboxylic acids is 1. The third-order valence-electron chi connectivity index (χ3n) is 2.38. The molecule has 17 heavy (non-hydrogen) atoms. The van der Waals surface area contributed by atoms with Gasteiger partial charge in [0.1, 0.15) is 11.4 Å². The Kier molecular flexibility index (Phi) is 5.09. The number of nitrogens with one attached hydrogen (secondary N) is 1. The minimum Gasteiger partial charge on any atom is -0.478 e. The van der Waals surface area contributed by atoms with Gasteiger partial charge >= 0.3 is 5.97 Å². The molecule has 0 amide bonds. The normalized spacial score (nSPS) is 12.1. The predicted molar refractivity (Wildman–Crippen MR) is 71.7 cm³/mol. The summed E-state index contributed by atoms with van der Waals surface area (Å²) in [5.74, 6) is -0.648. The van der Waals surface area contributed by atoms with E-state index in [1.54, 1.807) is 11.8 Å². The highest BCUT2D eigenvalue weighted by Gasteiger charge is 2.11. The maximum Gasteiger partial charge on any atom is 0.339 e. The van der Waals surface area contributed by atoms with Crippen LogP contribution >= 0.6 is 11.8 Å². The summed E-state index contributed by atoms with van der Waals surface area (Å²) in [5.41, 5.74) is 5.97. The first-order chi connectivity index (χ1) is 8.04. The Morgan fingerprint density at radius 2 is 2.41 bits per heavy atom. The lowest BCUT2D eigenvalue weighted by Crippen LogP contribution is -2.12. The Morgan fingerprint density at radius 1 is 1.71 bits per heavy atom. The Morgan fingerprint density at radius 3 is 3.00 bits per heavy atom. The molecule has 1 heterocycles. The molecule has 0 bridgehead atoms. The third-order valence-corrected chi connectivity index (χ3v) is 3.43. The van der Waals surface area contributed by atoms with Crippen molar-refractivity contribution >= 4 is 29.2 Å². The lowest BCUT2D eigenvalue weighted by molar-refractivity contribution is 0.0697. The fraction of sp³-hybridized carbons (Fsp3) is 0.455. The lowest BCUT2D eigenvalue weighted by atomic mass is 10.2. The van der Waals surface area contributed by atoms with Crippen molar-refractivity contribution in [3.63, 3.8) is 0 Å². The number of rotatable bonds is 6. The van der Waals surface area contributed by atoms with Gasteiger partial charge in [0.05, 0.1) is 11.9 Å². The van der Waals surface area contributed by atoms with E-state index in [2.05, 4.69) is 23.5 Å². The van der Waals surface area contributed by atoms with Gasteiger partial charge < -0.3 is 16.2 Å². The van der Waals surface area contributed by atoms with E-state index in [1.807, 2.05) is 0 Å². The van der Waals surface area contributed by atoms with Crippen LogP contribution in [0.2, 0.25) is 0 Å². The van der Waals surface area contributed by atoms with E-state index in [4.69, 9.17) is 10.8 Å². The Labute approximate surface area is 105 Å². The summed E-state index contributed by atoms with van der Waals surface area (Å²) in [6, 6.07) is 1.41. The van der Waals surface area contributed by atoms with Gasteiger partial charge in [-0.05, 0) is 18.7 Å². The minimum atomic E-state index is -1.02. The SMILES string of the molecule is CSC(C)CCNc1ncc(N)cc1C(=O)O. The smallest absolute Gasteiger partial charge is 0.339 e. The molecule has 1 aromatic rings. The molecular formula is C11H17N3O2S. The third kappa shape index (κ3) is 4.14. The van der Waals surface area contributed by atoms with Crippen molar-refractivity contribution in [2.24, 2.45) is 0 Å². The average molecular weight is 255 g/mol. The molecular weight excluding hydrogens is 238 g/mol. The van der Waals surface area contributed by atoms with Gasteiger partial charge in [-0.25, -0.2) is 9.78 Å². The number of hydrogen-bond acceptors (Lipinski definition) is 5. The number of nitrogen functional groups attached to an aromatic ring is 1. The second-order valence-electron chi connectivity index (χ2n) is 3.73. The van der Waals surface area contributed by atoms with Crippen LogP contribution in [0.5, 0.6) is 0 Å². The van der Waals surface area contributed by atoms with Gasteiger partial charge in [-0.2, -0.15) is 11.8 Å². The summed E-state index contributed by atoms with van der Waals surface area (Å²) in [5, 5.41) is 12.6. The highest BCUT2D eigenvalue weighted by Crippen LogP contribution is 2.16. The van der Waals surface area contributed by atoms with Gasteiger partial charge in [-0.15, -0.1) is 0 Å². The molecule has 6 heteroatoms. The Hall–Kier alpha value is -1.43. The van der Waals surface area contributed by atoms with Crippen molar-refractivity contribution < 1.29 is 9.90 Å². The number of thioether (sulfide) groups is 1. The highest BCUT2D eigenvalue weighted by molar-refractivity contribution is 7.99. The van der Waals surface area contributed by atoms with Gasteiger partial charge in [0.25, 0.3) is 0 Å². The quantitative estimate of drug-likeness (QED) is 0.719. The standard InChI is InChI=1S/C11H17N3O2S/c1-7(17-2)3-4-13-10-9(11(15)16)5-8(12)6-14-10/h5-7H,3-4,12H2,1-2H3,(H,13,14)(H,15,16). The largest absolute Gasteiger partial charge is 0.478 e. The molecule has 0 aliphatic heterocycles. The second-order valence-corrected chi connectivity index (χ2v) is 5.01. The van der Waals surface area contributed by atoms with Crippen LogP contribution in [-0.2, 0) is 0 Å². The molecule has 1 aromatic heterocycles. The molecule has 4 N–H and O–H groups in total. The van der Waals surface area contributed by atoms with Crippen LogP contribution in [0, 0.1) is 0 Å². The first-order valence-corrected chi connectivity index (χ1v) is 6.59. The van der Waals surface area contributed by atoms with Gasteiger partial charge in [-0.3, -0.25) is 0 Å². The molecule has 0 fully saturated rings. The van der Waals surface area contributed by atoms with Gasteiger partial charge in [0, 0.05) is 11.8 Å². The van der Waals surface area contributed by atoms with E-state index in [9.17, 15) is 4.79 Å². The molecule has 1 rings (SSSR count). The first-order valence-electron chi connectivity index (χ1n) is 5.30. The van der Waals surface area contributed by atoms with Gasteiger partial charge in [0.15, 0.2) is 0 Å². The first kappa shape index (κ1) is 13.6. The molecule has 0 aromatic carbocycles. The van der Waals surface area contributed by atoms with Crippen molar-refractivity contribution in [1.29, 1.82) is 0 Å². The summed E-state index contributed by atoms with van der Waals surface area (Å²) >= 11 is 1.78. The number of pyridine rings is 1. The van der Waals surface area contributed by atoms with Gasteiger partial charge in [0.2, 0.25) is 0 Å². The summed E-state index contributed by atoms with van der Waals surface area (Å²) in [4.78, 5) is 15.0. The van der Waals surface area contributed by atoms with Crippen molar-refractivity contribution in [3.05, 3.63) is 17.8 Å². The number of hydrogen-bond donors (Lipinski definition) is 3. The van der Waals surface area contributed by atoms with E-state index in [1.165, 1.54) is 12.3 Å². The van der Waals surface area contributed by atoms with E-state index >= 15 is 0 Å². The van der Waals surface area contributed by atoms with Crippen LogP contribution in [-0.4, -0.2) is 34.1 Å². The Balaban J connectivity index is 2.67. The van der Waals surface area contributed by atoms with E-state index in [0.717, 1.165) is 6.42 Å². The molecule has 0 saturated heterocycles. The molecule has 5 nitrogen and oxygen atoms in total. The number of nitrogens with zero attached hydrogens (tertiary/aromatic N) is 1. The fourth-order valence-corrected chi connectivity index (χ4v) is 1.65. The van der Waals surface area contributed by atoms with E-state index < -0.39 is 5.97 Å². The van der Waals surface area contributed by atoms with E-state index in [-0.39, 0.29) is 5.56 Å². The molecule has 0 saturated carbocycles. The lowest BCUT2D eigenvalue weighted by Gasteiger charge is -2.11. The molecule has 0 radical (unpaired) electrons. The predicted octanol–water partition coefficient (Wildman–Crippen LogP) is 1.92. The monoisotopic (exact) mass is 255 g/mol. The number of anilines is 2. The number of aromatic nitrogens is 1.